The van der Waals surface area contributed by atoms with Gasteiger partial charge in [-0.25, -0.2) is 13.4 Å². The van der Waals surface area contributed by atoms with E-state index in [1.54, 1.807) is 16.4 Å². The van der Waals surface area contributed by atoms with Crippen LogP contribution in [0.5, 0.6) is 0 Å². The molecule has 2 fully saturated rings. The number of nitrogens with zero attached hydrogens (tertiary/aromatic N) is 3. The van der Waals surface area contributed by atoms with E-state index in [-0.39, 0.29) is 0 Å². The third kappa shape index (κ3) is 5.00. The molecule has 0 saturated carbocycles. The Kier molecular flexibility index (Phi) is 6.73. The van der Waals surface area contributed by atoms with Gasteiger partial charge in [-0.15, -0.1) is 0 Å². The third-order valence-electron chi connectivity index (χ3n) is 5.48. The Morgan fingerprint density at radius 1 is 1.19 bits per heavy atom. The lowest BCUT2D eigenvalue weighted by molar-refractivity contribution is 0.267. The minimum atomic E-state index is -3.36. The van der Waals surface area contributed by atoms with Crippen molar-refractivity contribution in [1.29, 1.82) is 0 Å². The van der Waals surface area contributed by atoms with Crippen molar-refractivity contribution in [2.75, 3.05) is 32.7 Å². The van der Waals surface area contributed by atoms with Gasteiger partial charge in [0.2, 0.25) is 10.0 Å². The summed E-state index contributed by atoms with van der Waals surface area (Å²) < 4.78 is 26.6. The zero-order chi connectivity index (χ0) is 19.3. The molecule has 0 aliphatic carbocycles. The normalized spacial score (nSPS) is 22.4. The first kappa shape index (κ1) is 20.1. The molecule has 3 rings (SSSR count). The van der Waals surface area contributed by atoms with E-state index in [9.17, 15) is 8.42 Å². The number of likely N-dealkylation sites (N-methyl/N-ethyl adjacent to an activating group) is 1. The fraction of sp³-hybridized carbons (Fsp3) is 0.632. The lowest BCUT2D eigenvalue weighted by Crippen LogP contribution is -2.42. The van der Waals surface area contributed by atoms with E-state index in [0.29, 0.717) is 36.5 Å². The van der Waals surface area contributed by atoms with Gasteiger partial charge in [0, 0.05) is 25.7 Å². The molecular weight excluding hydrogens is 362 g/mol. The first-order valence-corrected chi connectivity index (χ1v) is 11.3. The van der Waals surface area contributed by atoms with Gasteiger partial charge in [-0.05, 0) is 56.5 Å². The maximum atomic E-state index is 12.5. The van der Waals surface area contributed by atoms with Crippen molar-refractivity contribution in [2.24, 2.45) is 10.7 Å². The van der Waals surface area contributed by atoms with Crippen LogP contribution in [0, 0.1) is 0 Å². The largest absolute Gasteiger partial charge is 0.370 e. The summed E-state index contributed by atoms with van der Waals surface area (Å²) in [6.45, 7) is 6.90. The summed E-state index contributed by atoms with van der Waals surface area (Å²) in [5, 5.41) is 3.22. The van der Waals surface area contributed by atoms with Crippen molar-refractivity contribution in [2.45, 2.75) is 50.1 Å². The van der Waals surface area contributed by atoms with Crippen molar-refractivity contribution < 1.29 is 8.42 Å². The summed E-state index contributed by atoms with van der Waals surface area (Å²) in [6.07, 6.45) is 4.31. The monoisotopic (exact) mass is 393 g/mol. The summed E-state index contributed by atoms with van der Waals surface area (Å²) in [6, 6.07) is 7.49. The molecule has 0 aromatic heterocycles. The average Bonchev–Trinajstić information content (AvgIpc) is 3.36. The molecular formula is C19H31N5O2S. The summed E-state index contributed by atoms with van der Waals surface area (Å²) >= 11 is 0. The quantitative estimate of drug-likeness (QED) is 0.539. The second kappa shape index (κ2) is 9.03. The second-order valence-electron chi connectivity index (χ2n) is 7.26. The molecule has 1 unspecified atom stereocenters. The molecule has 3 N–H and O–H groups in total. The van der Waals surface area contributed by atoms with E-state index in [2.05, 4.69) is 22.1 Å². The number of aliphatic imine (C=N–C) groups is 1. The molecule has 0 spiro atoms. The predicted molar refractivity (Wildman–Crippen MR) is 108 cm³/mol. The van der Waals surface area contributed by atoms with Gasteiger partial charge >= 0.3 is 0 Å². The van der Waals surface area contributed by atoms with Crippen LogP contribution in [0.1, 0.15) is 38.2 Å². The highest BCUT2D eigenvalue weighted by Crippen LogP contribution is 2.21. The fourth-order valence-corrected chi connectivity index (χ4v) is 5.36. The highest BCUT2D eigenvalue weighted by atomic mass is 32.2. The van der Waals surface area contributed by atoms with Gasteiger partial charge in [-0.3, -0.25) is 4.90 Å². The SMILES string of the molecule is CCN1CCCC1CNC(N)=NCc1ccc(S(=O)(=O)N2CCCC2)cc1. The van der Waals surface area contributed by atoms with Gasteiger partial charge < -0.3 is 11.1 Å². The van der Waals surface area contributed by atoms with Gasteiger partial charge in [0.25, 0.3) is 0 Å². The molecule has 2 aliphatic heterocycles. The van der Waals surface area contributed by atoms with Crippen LogP contribution in [-0.4, -0.2) is 62.3 Å². The first-order chi connectivity index (χ1) is 13.0. The Labute approximate surface area is 162 Å². The molecule has 150 valence electrons. The van der Waals surface area contributed by atoms with Crippen molar-refractivity contribution in [3.8, 4) is 0 Å². The van der Waals surface area contributed by atoms with E-state index >= 15 is 0 Å². The maximum Gasteiger partial charge on any atom is 0.243 e. The Morgan fingerprint density at radius 2 is 1.89 bits per heavy atom. The molecule has 0 bridgehead atoms. The molecule has 2 heterocycles. The predicted octanol–water partition coefficient (Wildman–Crippen LogP) is 1.36. The van der Waals surface area contributed by atoms with Crippen molar-refractivity contribution >= 4 is 16.0 Å². The number of hydrogen-bond donors (Lipinski definition) is 2. The first-order valence-electron chi connectivity index (χ1n) is 9.87. The smallest absolute Gasteiger partial charge is 0.243 e. The molecule has 27 heavy (non-hydrogen) atoms. The Bertz CT molecular complexity index is 742. The van der Waals surface area contributed by atoms with Gasteiger partial charge in [0.05, 0.1) is 11.4 Å². The summed E-state index contributed by atoms with van der Waals surface area (Å²) in [7, 11) is -3.36. The molecule has 7 nitrogen and oxygen atoms in total. The van der Waals surface area contributed by atoms with E-state index in [4.69, 9.17) is 5.73 Å². The van der Waals surface area contributed by atoms with E-state index in [1.165, 1.54) is 12.8 Å². The minimum Gasteiger partial charge on any atom is -0.370 e. The zero-order valence-electron chi connectivity index (χ0n) is 16.1. The Morgan fingerprint density at radius 3 is 2.56 bits per heavy atom. The van der Waals surface area contributed by atoms with Crippen LogP contribution in [0.2, 0.25) is 0 Å². The van der Waals surface area contributed by atoms with Crippen LogP contribution in [0.4, 0.5) is 0 Å². The van der Waals surface area contributed by atoms with Crippen LogP contribution in [0.3, 0.4) is 0 Å². The minimum absolute atomic E-state index is 0.351. The number of likely N-dealkylation sites (tertiary alicyclic amines) is 1. The van der Waals surface area contributed by atoms with Crippen molar-refractivity contribution in [3.63, 3.8) is 0 Å². The lowest BCUT2D eigenvalue weighted by atomic mass is 10.2. The summed E-state index contributed by atoms with van der Waals surface area (Å²) in [5.74, 6) is 0.437. The second-order valence-corrected chi connectivity index (χ2v) is 9.20. The molecule has 1 aromatic rings. The number of nitrogens with one attached hydrogen (secondary N) is 1. The van der Waals surface area contributed by atoms with Crippen LogP contribution >= 0.6 is 0 Å². The Balaban J connectivity index is 1.52. The summed E-state index contributed by atoms with van der Waals surface area (Å²) in [4.78, 5) is 7.19. The van der Waals surface area contributed by atoms with Crippen LogP contribution in [-0.2, 0) is 16.6 Å². The topological polar surface area (TPSA) is 91.0 Å². The van der Waals surface area contributed by atoms with Gasteiger partial charge in [-0.2, -0.15) is 4.31 Å². The highest BCUT2D eigenvalue weighted by Gasteiger charge is 2.27. The fourth-order valence-electron chi connectivity index (χ4n) is 3.84. The number of benzene rings is 1. The standard InChI is InChI=1S/C19H31N5O2S/c1-2-23-11-5-6-17(23)15-22-19(20)21-14-16-7-9-18(10-8-16)27(25,26)24-12-3-4-13-24/h7-10,17H,2-6,11-15H2,1H3,(H3,20,21,22). The molecule has 2 saturated heterocycles. The molecule has 0 radical (unpaired) electrons. The van der Waals surface area contributed by atoms with Crippen molar-refractivity contribution in [3.05, 3.63) is 29.8 Å². The number of nitrogens with two attached hydrogens (primary N) is 1. The van der Waals surface area contributed by atoms with E-state index in [1.807, 2.05) is 12.1 Å². The van der Waals surface area contributed by atoms with Crippen LogP contribution in [0.25, 0.3) is 0 Å². The molecule has 8 heteroatoms. The van der Waals surface area contributed by atoms with E-state index < -0.39 is 10.0 Å². The van der Waals surface area contributed by atoms with Crippen LogP contribution in [0.15, 0.2) is 34.2 Å². The third-order valence-corrected chi connectivity index (χ3v) is 7.40. The molecule has 2 aliphatic rings. The number of rotatable bonds is 7. The Hall–Kier alpha value is -1.64. The van der Waals surface area contributed by atoms with Crippen LogP contribution < -0.4 is 11.1 Å². The van der Waals surface area contributed by atoms with Crippen molar-refractivity contribution in [1.82, 2.24) is 14.5 Å². The number of guanidine groups is 1. The lowest BCUT2D eigenvalue weighted by Gasteiger charge is -2.23. The molecule has 1 atom stereocenters. The van der Waals surface area contributed by atoms with Gasteiger partial charge in [-0.1, -0.05) is 19.1 Å². The number of hydrogen-bond acceptors (Lipinski definition) is 4. The highest BCUT2D eigenvalue weighted by molar-refractivity contribution is 7.89. The zero-order valence-corrected chi connectivity index (χ0v) is 16.9. The number of sulfonamides is 1. The molecule has 1 aromatic carbocycles. The van der Waals surface area contributed by atoms with Gasteiger partial charge in [0.1, 0.15) is 0 Å². The maximum absolute atomic E-state index is 12.5. The summed E-state index contributed by atoms with van der Waals surface area (Å²) in [5.41, 5.74) is 6.93. The molecule has 0 amide bonds. The van der Waals surface area contributed by atoms with E-state index in [0.717, 1.165) is 38.0 Å². The average molecular weight is 394 g/mol. The van der Waals surface area contributed by atoms with Gasteiger partial charge in [0.15, 0.2) is 5.96 Å².